The summed E-state index contributed by atoms with van der Waals surface area (Å²) in [4.78, 5) is 24.1. The van der Waals surface area contributed by atoms with Gasteiger partial charge in [0.1, 0.15) is 40.1 Å². The van der Waals surface area contributed by atoms with Crippen molar-refractivity contribution in [3.8, 4) is 28.4 Å². The fourth-order valence-electron chi connectivity index (χ4n) is 3.17. The third-order valence-corrected chi connectivity index (χ3v) is 4.49. The number of aromatic hydroxyl groups is 1. The van der Waals surface area contributed by atoms with E-state index in [1.165, 1.54) is 13.2 Å². The molecule has 1 aromatic heterocycles. The van der Waals surface area contributed by atoms with Gasteiger partial charge >= 0.3 is 5.97 Å². The van der Waals surface area contributed by atoms with Crippen molar-refractivity contribution >= 4 is 23.0 Å². The molecule has 3 aromatic rings. The Morgan fingerprint density at radius 1 is 1.18 bits per heavy atom. The van der Waals surface area contributed by atoms with E-state index >= 15 is 0 Å². The van der Waals surface area contributed by atoms with Gasteiger partial charge in [0.05, 0.1) is 11.1 Å². The zero-order chi connectivity index (χ0) is 20.1. The molecule has 1 aliphatic heterocycles. The minimum absolute atomic E-state index is 0.0910. The standard InChI is InChI=1S/C22H18O6/c1-12(23)27-14-6-4-13(5-7-14)16-11-26-18-10-17-15(8-9-22(2,3)28-17)20(24)19(18)21(16)25/h4-11,24H,1-3H3. The second kappa shape index (κ2) is 6.27. The normalized spacial score (nSPS) is 14.4. The summed E-state index contributed by atoms with van der Waals surface area (Å²) < 4.78 is 16.5. The summed E-state index contributed by atoms with van der Waals surface area (Å²) in [6.45, 7) is 5.10. The van der Waals surface area contributed by atoms with E-state index < -0.39 is 11.6 Å². The van der Waals surface area contributed by atoms with Crippen LogP contribution in [-0.2, 0) is 4.79 Å². The largest absolute Gasteiger partial charge is 0.506 e. The maximum atomic E-state index is 13.1. The molecule has 0 unspecified atom stereocenters. The summed E-state index contributed by atoms with van der Waals surface area (Å²) in [6, 6.07) is 8.09. The fraction of sp³-hybridized carbons (Fsp3) is 0.182. The first kappa shape index (κ1) is 17.9. The average Bonchev–Trinajstić information content (AvgIpc) is 2.61. The number of phenolic OH excluding ortho intramolecular Hbond substituents is 1. The lowest BCUT2D eigenvalue weighted by molar-refractivity contribution is -0.131. The van der Waals surface area contributed by atoms with Crippen LogP contribution in [0.2, 0.25) is 0 Å². The number of fused-ring (bicyclic) bond motifs is 2. The lowest BCUT2D eigenvalue weighted by Crippen LogP contribution is -2.27. The summed E-state index contributed by atoms with van der Waals surface area (Å²) in [5.41, 5.74) is 0.681. The first-order valence-electron chi connectivity index (χ1n) is 8.74. The molecule has 142 valence electrons. The van der Waals surface area contributed by atoms with E-state index in [1.807, 2.05) is 19.9 Å². The molecule has 1 aliphatic rings. The number of carbonyl (C=O) groups excluding carboxylic acids is 1. The van der Waals surface area contributed by atoms with Crippen molar-refractivity contribution in [3.05, 3.63) is 58.5 Å². The van der Waals surface area contributed by atoms with Crippen LogP contribution in [0.25, 0.3) is 28.2 Å². The molecule has 2 heterocycles. The van der Waals surface area contributed by atoms with Gasteiger partial charge in [-0.25, -0.2) is 0 Å². The van der Waals surface area contributed by atoms with Crippen LogP contribution in [0.1, 0.15) is 26.3 Å². The number of hydrogen-bond acceptors (Lipinski definition) is 6. The van der Waals surface area contributed by atoms with Crippen LogP contribution in [0.15, 0.2) is 51.9 Å². The number of benzene rings is 2. The Kier molecular flexibility index (Phi) is 4.00. The molecule has 6 nitrogen and oxygen atoms in total. The summed E-state index contributed by atoms with van der Waals surface area (Å²) in [7, 11) is 0. The lowest BCUT2D eigenvalue weighted by atomic mass is 9.98. The molecule has 0 aliphatic carbocycles. The molecule has 0 radical (unpaired) electrons. The van der Waals surface area contributed by atoms with Crippen molar-refractivity contribution in [2.24, 2.45) is 0 Å². The molecule has 0 atom stereocenters. The maximum absolute atomic E-state index is 13.1. The van der Waals surface area contributed by atoms with Gasteiger partial charge in [0.15, 0.2) is 0 Å². The molecule has 28 heavy (non-hydrogen) atoms. The van der Waals surface area contributed by atoms with E-state index in [2.05, 4.69) is 0 Å². The summed E-state index contributed by atoms with van der Waals surface area (Å²) >= 11 is 0. The van der Waals surface area contributed by atoms with E-state index in [0.717, 1.165) is 0 Å². The van der Waals surface area contributed by atoms with Gasteiger partial charge in [-0.15, -0.1) is 0 Å². The molecule has 0 spiro atoms. The lowest BCUT2D eigenvalue weighted by Gasteiger charge is -2.28. The highest BCUT2D eigenvalue weighted by Crippen LogP contribution is 2.41. The molecular weight excluding hydrogens is 360 g/mol. The quantitative estimate of drug-likeness (QED) is 0.529. The van der Waals surface area contributed by atoms with E-state index in [9.17, 15) is 14.7 Å². The molecule has 2 aromatic carbocycles. The number of hydrogen-bond donors (Lipinski definition) is 1. The van der Waals surface area contributed by atoms with E-state index in [4.69, 9.17) is 13.9 Å². The Hall–Kier alpha value is -3.54. The molecule has 6 heteroatoms. The highest BCUT2D eigenvalue weighted by atomic mass is 16.5. The second-order valence-electron chi connectivity index (χ2n) is 7.15. The van der Waals surface area contributed by atoms with E-state index in [0.29, 0.717) is 22.6 Å². The van der Waals surface area contributed by atoms with Gasteiger partial charge in [-0.2, -0.15) is 0 Å². The Morgan fingerprint density at radius 2 is 1.89 bits per heavy atom. The van der Waals surface area contributed by atoms with Crippen molar-refractivity contribution in [3.63, 3.8) is 0 Å². The van der Waals surface area contributed by atoms with Crippen LogP contribution >= 0.6 is 0 Å². The zero-order valence-electron chi connectivity index (χ0n) is 15.6. The predicted octanol–water partition coefficient (Wildman–Crippen LogP) is 4.28. The Bertz CT molecular complexity index is 1180. The van der Waals surface area contributed by atoms with Gasteiger partial charge in [0.2, 0.25) is 5.43 Å². The molecule has 0 saturated heterocycles. The van der Waals surface area contributed by atoms with Gasteiger partial charge in [-0.1, -0.05) is 12.1 Å². The predicted molar refractivity (Wildman–Crippen MR) is 105 cm³/mol. The first-order chi connectivity index (χ1) is 13.2. The van der Waals surface area contributed by atoms with Crippen LogP contribution in [-0.4, -0.2) is 16.7 Å². The summed E-state index contributed by atoms with van der Waals surface area (Å²) in [5.74, 6) is 0.236. The van der Waals surface area contributed by atoms with Crippen molar-refractivity contribution in [1.29, 1.82) is 0 Å². The fourth-order valence-corrected chi connectivity index (χ4v) is 3.17. The number of carbonyl (C=O) groups is 1. The zero-order valence-corrected chi connectivity index (χ0v) is 15.6. The molecule has 0 bridgehead atoms. The third-order valence-electron chi connectivity index (χ3n) is 4.49. The van der Waals surface area contributed by atoms with Gasteiger partial charge in [0, 0.05) is 13.0 Å². The maximum Gasteiger partial charge on any atom is 0.308 e. The average molecular weight is 378 g/mol. The van der Waals surface area contributed by atoms with Gasteiger partial charge < -0.3 is 19.0 Å². The number of ether oxygens (including phenoxy) is 2. The summed E-state index contributed by atoms with van der Waals surface area (Å²) in [5, 5.41) is 10.8. The van der Waals surface area contributed by atoms with Crippen molar-refractivity contribution in [2.75, 3.05) is 0 Å². The Morgan fingerprint density at radius 3 is 2.57 bits per heavy atom. The minimum atomic E-state index is -0.517. The molecule has 4 rings (SSSR count). The van der Waals surface area contributed by atoms with Crippen molar-refractivity contribution in [2.45, 2.75) is 26.4 Å². The Balaban J connectivity index is 1.85. The Labute approximate surface area is 160 Å². The van der Waals surface area contributed by atoms with E-state index in [-0.39, 0.29) is 27.7 Å². The molecule has 1 N–H and O–H groups in total. The number of esters is 1. The second-order valence-corrected chi connectivity index (χ2v) is 7.15. The molecule has 0 amide bonds. The van der Waals surface area contributed by atoms with Crippen molar-refractivity contribution in [1.82, 2.24) is 0 Å². The van der Waals surface area contributed by atoms with Crippen LogP contribution in [0.5, 0.6) is 17.2 Å². The monoisotopic (exact) mass is 378 g/mol. The van der Waals surface area contributed by atoms with Crippen LogP contribution in [0.3, 0.4) is 0 Å². The van der Waals surface area contributed by atoms with Gasteiger partial charge in [-0.05, 0) is 43.7 Å². The van der Waals surface area contributed by atoms with Crippen LogP contribution < -0.4 is 14.9 Å². The molecular formula is C22H18O6. The van der Waals surface area contributed by atoms with Gasteiger partial charge in [0.25, 0.3) is 0 Å². The summed E-state index contributed by atoms with van der Waals surface area (Å²) in [6.07, 6.45) is 4.91. The number of phenols is 1. The highest BCUT2D eigenvalue weighted by molar-refractivity contribution is 5.93. The molecule has 0 saturated carbocycles. The topological polar surface area (TPSA) is 86.0 Å². The molecule has 0 fully saturated rings. The minimum Gasteiger partial charge on any atom is -0.506 e. The van der Waals surface area contributed by atoms with Crippen molar-refractivity contribution < 1.29 is 23.8 Å². The SMILES string of the molecule is CC(=O)Oc1ccc(-c2coc3cc4c(c(O)c3c2=O)C=CC(C)(C)O4)cc1. The third kappa shape index (κ3) is 3.03. The van der Waals surface area contributed by atoms with Crippen LogP contribution in [0, 0.1) is 0 Å². The van der Waals surface area contributed by atoms with Crippen LogP contribution in [0.4, 0.5) is 0 Å². The highest BCUT2D eigenvalue weighted by Gasteiger charge is 2.26. The number of rotatable bonds is 2. The van der Waals surface area contributed by atoms with Gasteiger partial charge in [-0.3, -0.25) is 9.59 Å². The van der Waals surface area contributed by atoms with E-state index in [1.54, 1.807) is 36.4 Å². The smallest absolute Gasteiger partial charge is 0.308 e. The first-order valence-corrected chi connectivity index (χ1v) is 8.74.